The molecule has 0 aliphatic carbocycles. The fraction of sp³-hybridized carbons (Fsp3) is 0.467. The van der Waals surface area contributed by atoms with Crippen LogP contribution in [0.25, 0.3) is 0 Å². The predicted molar refractivity (Wildman–Crippen MR) is 72.5 cm³/mol. The van der Waals surface area contributed by atoms with Crippen LogP contribution in [0.3, 0.4) is 0 Å². The van der Waals surface area contributed by atoms with Crippen LogP contribution in [0.15, 0.2) is 18.2 Å². The van der Waals surface area contributed by atoms with E-state index in [-0.39, 0.29) is 11.8 Å². The van der Waals surface area contributed by atoms with Crippen LogP contribution in [0.2, 0.25) is 0 Å². The topological polar surface area (TPSA) is 46.6 Å². The Morgan fingerprint density at radius 1 is 1.05 bits per heavy atom. The summed E-state index contributed by atoms with van der Waals surface area (Å²) in [6, 6.07) is 5.09. The number of imide groups is 1. The lowest BCUT2D eigenvalue weighted by molar-refractivity contribution is 0.0693. The van der Waals surface area contributed by atoms with Crippen LogP contribution in [0.5, 0.6) is 5.75 Å². The first kappa shape index (κ1) is 13.6. The van der Waals surface area contributed by atoms with Crippen molar-refractivity contribution >= 4 is 11.8 Å². The highest BCUT2D eigenvalue weighted by molar-refractivity contribution is 6.21. The van der Waals surface area contributed by atoms with E-state index in [1.165, 1.54) is 19.9 Å². The summed E-state index contributed by atoms with van der Waals surface area (Å²) in [5.74, 6) is 0.164. The maximum atomic E-state index is 11.8. The lowest BCUT2D eigenvalue weighted by Gasteiger charge is -2.06. The van der Waals surface area contributed by atoms with E-state index < -0.39 is 0 Å². The second-order valence-corrected chi connectivity index (χ2v) is 4.79. The number of benzene rings is 1. The van der Waals surface area contributed by atoms with Gasteiger partial charge in [-0.05, 0) is 24.6 Å². The van der Waals surface area contributed by atoms with Gasteiger partial charge in [-0.15, -0.1) is 0 Å². The van der Waals surface area contributed by atoms with Crippen molar-refractivity contribution in [2.45, 2.75) is 32.6 Å². The smallest absolute Gasteiger partial charge is 0.261 e. The first-order valence-corrected chi connectivity index (χ1v) is 6.74. The molecule has 19 heavy (non-hydrogen) atoms. The van der Waals surface area contributed by atoms with Gasteiger partial charge in [-0.3, -0.25) is 14.5 Å². The average molecular weight is 261 g/mol. The third kappa shape index (κ3) is 2.78. The van der Waals surface area contributed by atoms with Gasteiger partial charge in [-0.1, -0.05) is 26.2 Å². The Bertz CT molecular complexity index is 496. The van der Waals surface area contributed by atoms with Crippen molar-refractivity contribution < 1.29 is 14.3 Å². The molecule has 0 radical (unpaired) electrons. The summed E-state index contributed by atoms with van der Waals surface area (Å²) in [5, 5.41) is 0. The number of hydrogen-bond donors (Lipinski definition) is 0. The lowest BCUT2D eigenvalue weighted by atomic mass is 10.1. The van der Waals surface area contributed by atoms with E-state index in [2.05, 4.69) is 6.92 Å². The molecule has 0 aromatic heterocycles. The van der Waals surface area contributed by atoms with Crippen molar-refractivity contribution in [2.24, 2.45) is 0 Å². The van der Waals surface area contributed by atoms with Crippen molar-refractivity contribution in [1.82, 2.24) is 4.90 Å². The van der Waals surface area contributed by atoms with Gasteiger partial charge >= 0.3 is 0 Å². The minimum absolute atomic E-state index is 0.241. The standard InChI is InChI=1S/C15H19NO3/c1-3-4-5-6-9-19-11-7-8-12-13(10-11)15(18)16(2)14(12)17/h7-8,10H,3-6,9H2,1-2H3. The fourth-order valence-electron chi connectivity index (χ4n) is 2.15. The van der Waals surface area contributed by atoms with E-state index in [9.17, 15) is 9.59 Å². The van der Waals surface area contributed by atoms with Crippen molar-refractivity contribution in [3.05, 3.63) is 29.3 Å². The van der Waals surface area contributed by atoms with Crippen LogP contribution >= 0.6 is 0 Å². The summed E-state index contributed by atoms with van der Waals surface area (Å²) in [7, 11) is 1.50. The Balaban J connectivity index is 1.99. The molecule has 0 saturated carbocycles. The van der Waals surface area contributed by atoms with E-state index in [4.69, 9.17) is 4.74 Å². The number of fused-ring (bicyclic) bond motifs is 1. The minimum Gasteiger partial charge on any atom is -0.494 e. The summed E-state index contributed by atoms with van der Waals surface area (Å²) in [6.45, 7) is 2.82. The monoisotopic (exact) mass is 261 g/mol. The number of nitrogens with zero attached hydrogens (tertiary/aromatic N) is 1. The van der Waals surface area contributed by atoms with Gasteiger partial charge in [0.05, 0.1) is 17.7 Å². The molecule has 1 aliphatic rings. The number of rotatable bonds is 6. The number of ether oxygens (including phenoxy) is 1. The van der Waals surface area contributed by atoms with Crippen LogP contribution in [-0.2, 0) is 0 Å². The normalized spacial score (nSPS) is 13.9. The Hall–Kier alpha value is -1.84. The van der Waals surface area contributed by atoms with Crippen molar-refractivity contribution in [1.29, 1.82) is 0 Å². The second kappa shape index (κ2) is 5.87. The van der Waals surface area contributed by atoms with Gasteiger partial charge in [0.15, 0.2) is 0 Å². The Morgan fingerprint density at radius 3 is 2.53 bits per heavy atom. The summed E-state index contributed by atoms with van der Waals surface area (Å²) < 4.78 is 5.61. The highest BCUT2D eigenvalue weighted by atomic mass is 16.5. The van der Waals surface area contributed by atoms with Gasteiger partial charge in [0, 0.05) is 7.05 Å². The van der Waals surface area contributed by atoms with Gasteiger partial charge in [0.25, 0.3) is 11.8 Å². The SMILES string of the molecule is CCCCCCOc1ccc2c(c1)C(=O)N(C)C2=O. The van der Waals surface area contributed by atoms with Gasteiger partial charge in [-0.2, -0.15) is 0 Å². The van der Waals surface area contributed by atoms with Gasteiger partial charge in [-0.25, -0.2) is 0 Å². The first-order chi connectivity index (χ1) is 9.15. The molecule has 2 rings (SSSR count). The average Bonchev–Trinajstić information content (AvgIpc) is 2.64. The van der Waals surface area contributed by atoms with Crippen LogP contribution < -0.4 is 4.74 Å². The van der Waals surface area contributed by atoms with Gasteiger partial charge < -0.3 is 4.74 Å². The maximum Gasteiger partial charge on any atom is 0.261 e. The molecule has 2 amide bonds. The zero-order valence-electron chi connectivity index (χ0n) is 11.4. The molecule has 1 heterocycles. The van der Waals surface area contributed by atoms with E-state index in [0.29, 0.717) is 23.5 Å². The van der Waals surface area contributed by atoms with E-state index in [1.807, 2.05) is 0 Å². The van der Waals surface area contributed by atoms with Crippen LogP contribution in [0, 0.1) is 0 Å². The van der Waals surface area contributed by atoms with Gasteiger partial charge in [0.2, 0.25) is 0 Å². The summed E-state index contributed by atoms with van der Waals surface area (Å²) in [6.07, 6.45) is 4.58. The Labute approximate surface area is 113 Å². The molecule has 0 fully saturated rings. The number of carbonyl (C=O) groups excluding carboxylic acids is 2. The minimum atomic E-state index is -0.253. The molecule has 1 aliphatic heterocycles. The molecule has 0 N–H and O–H groups in total. The van der Waals surface area contributed by atoms with E-state index in [1.54, 1.807) is 18.2 Å². The van der Waals surface area contributed by atoms with Crippen molar-refractivity contribution in [3.8, 4) is 5.75 Å². The van der Waals surface area contributed by atoms with E-state index in [0.717, 1.165) is 17.7 Å². The van der Waals surface area contributed by atoms with Crippen LogP contribution in [0.4, 0.5) is 0 Å². The van der Waals surface area contributed by atoms with Gasteiger partial charge in [0.1, 0.15) is 5.75 Å². The molecule has 4 nitrogen and oxygen atoms in total. The molecule has 0 unspecified atom stereocenters. The summed E-state index contributed by atoms with van der Waals surface area (Å²) in [5.41, 5.74) is 0.907. The number of carbonyl (C=O) groups is 2. The molecule has 102 valence electrons. The molecule has 0 bridgehead atoms. The molecular weight excluding hydrogens is 242 g/mol. The maximum absolute atomic E-state index is 11.8. The Kier molecular flexibility index (Phi) is 4.20. The third-order valence-electron chi connectivity index (χ3n) is 3.33. The highest BCUT2D eigenvalue weighted by Gasteiger charge is 2.32. The van der Waals surface area contributed by atoms with Crippen molar-refractivity contribution in [2.75, 3.05) is 13.7 Å². The molecular formula is C15H19NO3. The molecule has 1 aromatic carbocycles. The predicted octanol–water partition coefficient (Wildman–Crippen LogP) is 2.87. The summed E-state index contributed by atoms with van der Waals surface area (Å²) in [4.78, 5) is 24.7. The zero-order valence-corrected chi connectivity index (χ0v) is 11.4. The molecule has 1 aromatic rings. The van der Waals surface area contributed by atoms with Crippen LogP contribution in [-0.4, -0.2) is 30.4 Å². The lowest BCUT2D eigenvalue weighted by Crippen LogP contribution is -2.24. The fourth-order valence-corrected chi connectivity index (χ4v) is 2.15. The zero-order chi connectivity index (χ0) is 13.8. The number of unbranched alkanes of at least 4 members (excludes halogenated alkanes) is 3. The molecule has 0 atom stereocenters. The highest BCUT2D eigenvalue weighted by Crippen LogP contribution is 2.25. The van der Waals surface area contributed by atoms with E-state index >= 15 is 0 Å². The third-order valence-corrected chi connectivity index (χ3v) is 3.33. The quantitative estimate of drug-likeness (QED) is 0.584. The van der Waals surface area contributed by atoms with Crippen molar-refractivity contribution in [3.63, 3.8) is 0 Å². The molecule has 0 spiro atoms. The molecule has 0 saturated heterocycles. The largest absolute Gasteiger partial charge is 0.494 e. The number of hydrogen-bond acceptors (Lipinski definition) is 3. The second-order valence-electron chi connectivity index (χ2n) is 4.79. The summed E-state index contributed by atoms with van der Waals surface area (Å²) >= 11 is 0. The van der Waals surface area contributed by atoms with Crippen LogP contribution in [0.1, 0.15) is 53.3 Å². The first-order valence-electron chi connectivity index (χ1n) is 6.74. The number of amides is 2. The molecule has 4 heteroatoms. The Morgan fingerprint density at radius 2 is 1.79 bits per heavy atom.